The average molecular weight is 580 g/mol. The van der Waals surface area contributed by atoms with Crippen LogP contribution in [-0.2, 0) is 23.4 Å². The summed E-state index contributed by atoms with van der Waals surface area (Å²) in [7, 11) is -4.21. The van der Waals surface area contributed by atoms with Gasteiger partial charge in [-0.15, -0.1) is 0 Å². The Morgan fingerprint density at radius 2 is 1.98 bits per heavy atom. The second kappa shape index (κ2) is 12.1. The van der Waals surface area contributed by atoms with Crippen LogP contribution in [0, 0.1) is 5.41 Å². The van der Waals surface area contributed by atoms with Gasteiger partial charge in [-0.2, -0.15) is 5.09 Å². The van der Waals surface area contributed by atoms with Crippen molar-refractivity contribution in [2.75, 3.05) is 18.9 Å². The highest BCUT2D eigenvalue weighted by Gasteiger charge is 2.55. The maximum Gasteiger partial charge on any atom is 0.459 e. The van der Waals surface area contributed by atoms with Crippen molar-refractivity contribution < 1.29 is 32.3 Å². The average Bonchev–Trinajstić information content (AvgIpc) is 3.43. The highest BCUT2D eigenvalue weighted by molar-refractivity contribution is 7.52. The number of ether oxygens (including phenoxy) is 2. The van der Waals surface area contributed by atoms with E-state index in [2.05, 4.69) is 20.0 Å². The zero-order chi connectivity index (χ0) is 29.1. The van der Waals surface area contributed by atoms with Crippen LogP contribution in [0.25, 0.3) is 11.2 Å². The first kappa shape index (κ1) is 29.8. The van der Waals surface area contributed by atoms with Crippen molar-refractivity contribution in [3.05, 3.63) is 43.0 Å². The molecular formula is C25H35FN7O6P. The van der Waals surface area contributed by atoms with Crippen molar-refractivity contribution in [3.8, 4) is 5.75 Å². The van der Waals surface area contributed by atoms with Crippen LogP contribution in [0.1, 0.15) is 40.3 Å². The zero-order valence-electron chi connectivity index (χ0n) is 22.8. The van der Waals surface area contributed by atoms with Gasteiger partial charge in [-0.1, -0.05) is 25.1 Å². The number of nitrogens with two attached hydrogens (primary N) is 2. The molecule has 3 unspecified atom stereocenters. The molecule has 1 saturated heterocycles. The molecule has 6 atom stereocenters. The number of para-hydroxylation sites is 1. The van der Waals surface area contributed by atoms with Gasteiger partial charge in [0.05, 0.1) is 25.1 Å². The van der Waals surface area contributed by atoms with Crippen LogP contribution in [0.3, 0.4) is 0 Å². The van der Waals surface area contributed by atoms with E-state index in [1.54, 1.807) is 51.1 Å². The number of nitrogen functional groups attached to an aromatic ring is 1. The maximum absolute atomic E-state index is 16.1. The molecule has 15 heteroatoms. The van der Waals surface area contributed by atoms with Crippen molar-refractivity contribution in [1.29, 1.82) is 0 Å². The first-order valence-electron chi connectivity index (χ1n) is 12.9. The molecule has 40 heavy (non-hydrogen) atoms. The van der Waals surface area contributed by atoms with Crippen molar-refractivity contribution in [2.24, 2.45) is 11.1 Å². The van der Waals surface area contributed by atoms with Crippen LogP contribution in [-0.4, -0.2) is 63.1 Å². The lowest BCUT2D eigenvalue weighted by Crippen LogP contribution is -2.41. The van der Waals surface area contributed by atoms with E-state index < -0.39 is 43.7 Å². The standard InChI is InChI=1S/C25H35FN7O6P/c1-15(2)37-24(34)16(3)32-40(35,39-17-8-6-5-7-9-17)36-12-18-25(4,10-11-27)20(26)23(38-18)33-14-31-19-21(28)29-13-30-22(19)33/h5-9,13-16,18,20,23H,10-12,27H2,1-4H3,(H,32,35)(H2,28,29,30)/t16-,18+,20?,23+,25?,40?/m0/s1. The van der Waals surface area contributed by atoms with Gasteiger partial charge >= 0.3 is 13.7 Å². The largest absolute Gasteiger partial charge is 0.462 e. The molecule has 1 aliphatic heterocycles. The molecule has 0 amide bonds. The molecule has 0 spiro atoms. The number of carbonyl (C=O) groups excluding carboxylic acids is 1. The number of rotatable bonds is 12. The summed E-state index contributed by atoms with van der Waals surface area (Å²) >= 11 is 0. The SMILES string of the molecule is CC(C)OC(=O)[C@H](C)NP(=O)(OC[C@H]1O[C@@H](n2cnc3c(N)ncnc32)C(F)C1(C)CCN)Oc1ccccc1. The summed E-state index contributed by atoms with van der Waals surface area (Å²) in [6.45, 7) is 6.37. The molecular weight excluding hydrogens is 544 g/mol. The van der Waals surface area contributed by atoms with Crippen LogP contribution < -0.4 is 21.1 Å². The number of nitrogens with one attached hydrogen (secondary N) is 1. The van der Waals surface area contributed by atoms with Gasteiger partial charge in [0.1, 0.15) is 23.6 Å². The van der Waals surface area contributed by atoms with E-state index in [0.29, 0.717) is 11.2 Å². The van der Waals surface area contributed by atoms with Gasteiger partial charge in [0, 0.05) is 5.41 Å². The molecule has 1 aliphatic rings. The van der Waals surface area contributed by atoms with Gasteiger partial charge in [-0.25, -0.2) is 23.9 Å². The van der Waals surface area contributed by atoms with Gasteiger partial charge < -0.3 is 25.5 Å². The van der Waals surface area contributed by atoms with Crippen LogP contribution in [0.2, 0.25) is 0 Å². The number of alkyl halides is 1. The maximum atomic E-state index is 16.1. The Bertz CT molecular complexity index is 1360. The molecule has 0 bridgehead atoms. The third-order valence-corrected chi connectivity index (χ3v) is 8.33. The normalized spacial score (nSPS) is 25.1. The summed E-state index contributed by atoms with van der Waals surface area (Å²) in [6, 6.07) is 7.28. The van der Waals surface area contributed by atoms with Crippen molar-refractivity contribution in [2.45, 2.75) is 64.8 Å². The van der Waals surface area contributed by atoms with Crippen LogP contribution in [0.5, 0.6) is 5.75 Å². The van der Waals surface area contributed by atoms with Crippen LogP contribution in [0.15, 0.2) is 43.0 Å². The summed E-state index contributed by atoms with van der Waals surface area (Å²) < 4.78 is 54.4. The Kier molecular flexibility index (Phi) is 9.06. The molecule has 13 nitrogen and oxygen atoms in total. The van der Waals surface area contributed by atoms with Crippen molar-refractivity contribution in [3.63, 3.8) is 0 Å². The Morgan fingerprint density at radius 3 is 2.65 bits per heavy atom. The second-order valence-electron chi connectivity index (χ2n) is 10.1. The minimum Gasteiger partial charge on any atom is -0.462 e. The fourth-order valence-corrected chi connectivity index (χ4v) is 5.99. The minimum atomic E-state index is -4.21. The predicted octanol–water partition coefficient (Wildman–Crippen LogP) is 3.13. The van der Waals surface area contributed by atoms with E-state index in [1.165, 1.54) is 24.1 Å². The van der Waals surface area contributed by atoms with E-state index in [4.69, 9.17) is 30.0 Å². The molecule has 3 aromatic rings. The summed E-state index contributed by atoms with van der Waals surface area (Å²) in [5.74, 6) is -0.252. The van der Waals surface area contributed by atoms with Gasteiger partial charge in [0.2, 0.25) is 0 Å². The van der Waals surface area contributed by atoms with E-state index in [1.807, 2.05) is 0 Å². The Balaban J connectivity index is 1.59. The third kappa shape index (κ3) is 6.26. The number of carbonyl (C=O) groups is 1. The van der Waals surface area contributed by atoms with Gasteiger partial charge in [0.25, 0.3) is 0 Å². The molecule has 0 aliphatic carbocycles. The van der Waals surface area contributed by atoms with E-state index in [-0.39, 0.29) is 37.2 Å². The van der Waals surface area contributed by atoms with Gasteiger partial charge in [-0.05, 0) is 45.9 Å². The Morgan fingerprint density at radius 1 is 1.25 bits per heavy atom. The number of hydrogen-bond acceptors (Lipinski definition) is 11. The second-order valence-corrected chi connectivity index (χ2v) is 11.8. The molecule has 4 rings (SSSR count). The summed E-state index contributed by atoms with van der Waals surface area (Å²) in [5.41, 5.74) is 11.2. The Labute approximate surface area is 231 Å². The fourth-order valence-electron chi connectivity index (χ4n) is 4.50. The number of benzene rings is 1. The number of anilines is 1. The smallest absolute Gasteiger partial charge is 0.459 e. The first-order chi connectivity index (χ1) is 19.0. The lowest BCUT2D eigenvalue weighted by Gasteiger charge is -2.32. The summed E-state index contributed by atoms with van der Waals surface area (Å²) in [6.07, 6.45) is -1.14. The molecule has 3 heterocycles. The molecule has 0 saturated carbocycles. The van der Waals surface area contributed by atoms with Gasteiger partial charge in [0.15, 0.2) is 23.9 Å². The predicted molar refractivity (Wildman–Crippen MR) is 145 cm³/mol. The lowest BCUT2D eigenvalue weighted by molar-refractivity contribution is -0.149. The monoisotopic (exact) mass is 579 g/mol. The molecule has 2 aromatic heterocycles. The molecule has 5 N–H and O–H groups in total. The number of esters is 1. The molecule has 1 aromatic carbocycles. The van der Waals surface area contributed by atoms with Crippen LogP contribution >= 0.6 is 7.75 Å². The minimum absolute atomic E-state index is 0.150. The quantitative estimate of drug-likeness (QED) is 0.211. The first-order valence-corrected chi connectivity index (χ1v) is 14.4. The highest BCUT2D eigenvalue weighted by atomic mass is 31.2. The van der Waals surface area contributed by atoms with Crippen molar-refractivity contribution in [1.82, 2.24) is 24.6 Å². The third-order valence-electron chi connectivity index (χ3n) is 6.69. The molecule has 1 fully saturated rings. The van der Waals surface area contributed by atoms with Crippen LogP contribution in [0.4, 0.5) is 10.2 Å². The summed E-state index contributed by atoms with van der Waals surface area (Å²) in [4.78, 5) is 24.8. The molecule has 0 radical (unpaired) electrons. The topological polar surface area (TPSA) is 179 Å². The number of fused-ring (bicyclic) bond motifs is 1. The fraction of sp³-hybridized carbons (Fsp3) is 0.520. The van der Waals surface area contributed by atoms with Crippen molar-refractivity contribution >= 4 is 30.7 Å². The number of imidazole rings is 1. The number of halogens is 1. The molecule has 218 valence electrons. The van der Waals surface area contributed by atoms with Gasteiger partial charge in [-0.3, -0.25) is 13.9 Å². The highest BCUT2D eigenvalue weighted by Crippen LogP contribution is 2.51. The number of aromatic nitrogens is 4. The Hall–Kier alpha value is -3.16. The zero-order valence-corrected chi connectivity index (χ0v) is 23.7. The lowest BCUT2D eigenvalue weighted by atomic mass is 9.78. The van der Waals surface area contributed by atoms with E-state index in [0.717, 1.165) is 0 Å². The summed E-state index contributed by atoms with van der Waals surface area (Å²) in [5, 5.41) is 2.63. The number of hydrogen-bond donors (Lipinski definition) is 3. The van der Waals surface area contributed by atoms with E-state index in [9.17, 15) is 9.36 Å². The number of nitrogens with zero attached hydrogens (tertiary/aromatic N) is 4. The van der Waals surface area contributed by atoms with E-state index >= 15 is 4.39 Å².